The zero-order valence-electron chi connectivity index (χ0n) is 5.09. The third kappa shape index (κ3) is 0.736. The fraction of sp³-hybridized carbons (Fsp3) is 0.250. The fourth-order valence-electron chi connectivity index (χ4n) is 1.09. The lowest BCUT2D eigenvalue weighted by molar-refractivity contribution is 0.746. The van der Waals surface area contributed by atoms with Crippen molar-refractivity contribution in [3.05, 3.63) is 35.4 Å². The van der Waals surface area contributed by atoms with E-state index in [2.05, 4.69) is 17.4 Å². The summed E-state index contributed by atoms with van der Waals surface area (Å²) in [5, 5.41) is 4.22. The van der Waals surface area contributed by atoms with Gasteiger partial charge in [-0.3, -0.25) is 0 Å². The van der Waals surface area contributed by atoms with Crippen molar-refractivity contribution < 1.29 is 0 Å². The first-order valence-electron chi connectivity index (χ1n) is 3.08. The second-order valence-corrected chi connectivity index (χ2v) is 2.21. The average molecular weight is 117 g/mol. The molecule has 0 unspecified atom stereocenters. The van der Waals surface area contributed by atoms with Gasteiger partial charge in [-0.15, -0.1) is 0 Å². The molecule has 1 aliphatic rings. The highest BCUT2D eigenvalue weighted by Gasteiger charge is 2.08. The number of fused-ring (bicyclic) bond motifs is 1. The molecule has 1 aromatic rings. The standard InChI is InChI=1S/C8H7N/c1-2-4-8-6-9-5-7(8)3-1/h1-3H,5-6H2. The quantitative estimate of drug-likeness (QED) is 0.483. The Kier molecular flexibility index (Phi) is 1.03. The van der Waals surface area contributed by atoms with Crippen molar-refractivity contribution in [1.82, 2.24) is 5.32 Å². The number of benzene rings is 1. The van der Waals surface area contributed by atoms with Crippen LogP contribution in [0.25, 0.3) is 0 Å². The van der Waals surface area contributed by atoms with Gasteiger partial charge >= 0.3 is 0 Å². The molecule has 2 rings (SSSR count). The Morgan fingerprint density at radius 3 is 3.33 bits per heavy atom. The maximum Gasteiger partial charge on any atom is 0.0397 e. The van der Waals surface area contributed by atoms with Crippen LogP contribution >= 0.6 is 0 Å². The van der Waals surface area contributed by atoms with Gasteiger partial charge in [-0.2, -0.15) is 0 Å². The van der Waals surface area contributed by atoms with E-state index < -0.39 is 0 Å². The molecule has 0 saturated carbocycles. The Bertz CT molecular complexity index is 195. The van der Waals surface area contributed by atoms with Gasteiger partial charge in [0.25, 0.3) is 0 Å². The second-order valence-electron chi connectivity index (χ2n) is 2.21. The summed E-state index contributed by atoms with van der Waals surface area (Å²) in [6, 6.07) is 9.23. The maximum atomic E-state index is 4.22. The smallest absolute Gasteiger partial charge is 0.0397 e. The van der Waals surface area contributed by atoms with E-state index in [1.54, 1.807) is 0 Å². The molecule has 0 fully saturated rings. The van der Waals surface area contributed by atoms with Crippen LogP contribution in [0.5, 0.6) is 0 Å². The van der Waals surface area contributed by atoms with Gasteiger partial charge in [-0.05, 0) is 17.2 Å². The molecule has 0 atom stereocenters. The average Bonchev–Trinajstić information content (AvgIpc) is 2.33. The maximum absolute atomic E-state index is 4.22. The van der Waals surface area contributed by atoms with E-state index in [-0.39, 0.29) is 0 Å². The zero-order chi connectivity index (χ0) is 6.10. The minimum atomic E-state index is 0.871. The minimum Gasteiger partial charge on any atom is -0.232 e. The zero-order valence-corrected chi connectivity index (χ0v) is 5.09. The van der Waals surface area contributed by atoms with Gasteiger partial charge in [0.2, 0.25) is 0 Å². The molecule has 0 saturated heterocycles. The summed E-state index contributed by atoms with van der Waals surface area (Å²) in [6.07, 6.45) is 0. The lowest BCUT2D eigenvalue weighted by atomic mass is 10.1. The minimum absolute atomic E-state index is 0.871. The highest BCUT2D eigenvalue weighted by atomic mass is 14.9. The normalized spacial score (nSPS) is 15.6. The monoisotopic (exact) mass is 117 g/mol. The molecular weight excluding hydrogens is 110 g/mol. The molecule has 0 N–H and O–H groups in total. The van der Waals surface area contributed by atoms with Crippen LogP contribution in [0, 0.1) is 6.07 Å². The van der Waals surface area contributed by atoms with E-state index >= 15 is 0 Å². The number of rotatable bonds is 0. The van der Waals surface area contributed by atoms with Gasteiger partial charge in [-0.25, -0.2) is 5.32 Å². The van der Waals surface area contributed by atoms with Crippen LogP contribution in [0.1, 0.15) is 11.1 Å². The van der Waals surface area contributed by atoms with Crippen molar-refractivity contribution in [3.63, 3.8) is 0 Å². The Morgan fingerprint density at radius 1 is 1.44 bits per heavy atom. The molecule has 1 nitrogen and oxygen atoms in total. The van der Waals surface area contributed by atoms with E-state index in [1.165, 1.54) is 11.1 Å². The first-order chi connectivity index (χ1) is 4.47. The fourth-order valence-corrected chi connectivity index (χ4v) is 1.09. The number of nitrogens with zero attached hydrogens (tertiary/aromatic N) is 1. The predicted molar refractivity (Wildman–Crippen MR) is 34.8 cm³/mol. The lowest BCUT2D eigenvalue weighted by Gasteiger charge is -1.90. The number of hydrogen-bond acceptors (Lipinski definition) is 0. The van der Waals surface area contributed by atoms with Crippen molar-refractivity contribution >= 4 is 0 Å². The van der Waals surface area contributed by atoms with Crippen LogP contribution in [-0.4, -0.2) is 0 Å². The lowest BCUT2D eigenvalue weighted by Crippen LogP contribution is -1.88. The molecule has 0 aromatic heterocycles. The molecule has 44 valence electrons. The third-order valence-electron chi connectivity index (χ3n) is 1.59. The topological polar surface area (TPSA) is 14.1 Å². The molecule has 0 bridgehead atoms. The van der Waals surface area contributed by atoms with Gasteiger partial charge in [0.1, 0.15) is 0 Å². The van der Waals surface area contributed by atoms with Gasteiger partial charge in [0.05, 0.1) is 0 Å². The van der Waals surface area contributed by atoms with E-state index in [9.17, 15) is 0 Å². The highest BCUT2D eigenvalue weighted by molar-refractivity contribution is 5.28. The Labute approximate surface area is 54.7 Å². The summed E-state index contributed by atoms with van der Waals surface area (Å²) < 4.78 is 0. The molecule has 9 heavy (non-hydrogen) atoms. The summed E-state index contributed by atoms with van der Waals surface area (Å²) in [6.45, 7) is 1.77. The largest absolute Gasteiger partial charge is 0.232 e. The van der Waals surface area contributed by atoms with Crippen molar-refractivity contribution in [3.8, 4) is 0 Å². The summed E-state index contributed by atoms with van der Waals surface area (Å²) in [5.41, 5.74) is 2.62. The van der Waals surface area contributed by atoms with Crippen LogP contribution in [0.15, 0.2) is 18.2 Å². The molecule has 0 amide bonds. The van der Waals surface area contributed by atoms with Crippen LogP contribution in [0.2, 0.25) is 0 Å². The van der Waals surface area contributed by atoms with Crippen molar-refractivity contribution in [2.24, 2.45) is 0 Å². The molecular formula is C8H7N. The summed E-state index contributed by atoms with van der Waals surface area (Å²) in [5.74, 6) is 0. The van der Waals surface area contributed by atoms with Crippen molar-refractivity contribution in [1.29, 1.82) is 0 Å². The summed E-state index contributed by atoms with van der Waals surface area (Å²) in [4.78, 5) is 0. The highest BCUT2D eigenvalue weighted by Crippen LogP contribution is 2.13. The predicted octanol–water partition coefficient (Wildman–Crippen LogP) is 1.10. The van der Waals surface area contributed by atoms with Crippen LogP contribution < -0.4 is 5.32 Å². The van der Waals surface area contributed by atoms with E-state index in [0.29, 0.717) is 0 Å². The Balaban J connectivity index is 2.54. The summed E-state index contributed by atoms with van der Waals surface area (Å²) in [7, 11) is 0. The summed E-state index contributed by atoms with van der Waals surface area (Å²) >= 11 is 0. The van der Waals surface area contributed by atoms with Crippen LogP contribution in [0.3, 0.4) is 0 Å². The Hall–Kier alpha value is -0.820. The van der Waals surface area contributed by atoms with Crippen molar-refractivity contribution in [2.75, 3.05) is 0 Å². The van der Waals surface area contributed by atoms with Gasteiger partial charge in [0.15, 0.2) is 0 Å². The van der Waals surface area contributed by atoms with Crippen LogP contribution in [0.4, 0.5) is 0 Å². The Morgan fingerprint density at radius 2 is 2.44 bits per heavy atom. The van der Waals surface area contributed by atoms with E-state index in [1.807, 2.05) is 12.1 Å². The van der Waals surface area contributed by atoms with E-state index in [4.69, 9.17) is 0 Å². The molecule has 1 aromatic carbocycles. The van der Waals surface area contributed by atoms with Gasteiger partial charge in [0, 0.05) is 13.1 Å². The van der Waals surface area contributed by atoms with Gasteiger partial charge in [-0.1, -0.05) is 18.2 Å². The molecule has 1 heteroatoms. The second kappa shape index (κ2) is 1.85. The SMILES string of the molecule is [c]1cccc2c1C[N]C2. The molecule has 1 aliphatic heterocycles. The van der Waals surface area contributed by atoms with E-state index in [0.717, 1.165) is 13.1 Å². The van der Waals surface area contributed by atoms with Crippen LogP contribution in [-0.2, 0) is 13.1 Å². The number of hydrogen-bond donors (Lipinski definition) is 0. The first kappa shape index (κ1) is 5.00. The first-order valence-corrected chi connectivity index (χ1v) is 3.08. The molecule has 0 aliphatic carbocycles. The molecule has 0 spiro atoms. The van der Waals surface area contributed by atoms with Crippen molar-refractivity contribution in [2.45, 2.75) is 13.1 Å². The molecule has 2 radical (unpaired) electrons. The molecule has 1 heterocycles. The third-order valence-corrected chi connectivity index (χ3v) is 1.59. The van der Waals surface area contributed by atoms with Gasteiger partial charge < -0.3 is 0 Å².